The quantitative estimate of drug-likeness (QED) is 0.357. The molecular formula is C25H27N5O3S. The number of fused-ring (bicyclic) bond motifs is 1. The van der Waals surface area contributed by atoms with Gasteiger partial charge in [-0.1, -0.05) is 42.1 Å². The van der Waals surface area contributed by atoms with Crippen LogP contribution in [0, 0.1) is 0 Å². The van der Waals surface area contributed by atoms with Gasteiger partial charge in [0, 0.05) is 47.9 Å². The number of nitrogens with zero attached hydrogens (tertiary/aromatic N) is 4. The van der Waals surface area contributed by atoms with E-state index >= 15 is 0 Å². The van der Waals surface area contributed by atoms with Crippen molar-refractivity contribution in [2.75, 3.05) is 27.0 Å². The molecule has 9 heteroatoms. The van der Waals surface area contributed by atoms with E-state index in [2.05, 4.69) is 31.9 Å². The van der Waals surface area contributed by atoms with E-state index < -0.39 is 0 Å². The lowest BCUT2D eigenvalue weighted by molar-refractivity contribution is -0.127. The fraction of sp³-hybridized carbons (Fsp3) is 0.320. The van der Waals surface area contributed by atoms with Crippen LogP contribution in [0.3, 0.4) is 0 Å². The van der Waals surface area contributed by atoms with E-state index in [1.807, 2.05) is 36.5 Å². The van der Waals surface area contributed by atoms with Crippen molar-refractivity contribution in [1.82, 2.24) is 24.6 Å². The Morgan fingerprint density at radius 1 is 1.15 bits per heavy atom. The van der Waals surface area contributed by atoms with Crippen molar-refractivity contribution in [3.05, 3.63) is 54.2 Å². The summed E-state index contributed by atoms with van der Waals surface area (Å²) in [5, 5.41) is 10.9. The van der Waals surface area contributed by atoms with E-state index in [9.17, 15) is 4.79 Å². The molecule has 2 aromatic heterocycles. The number of methoxy groups -OCH3 is 2. The molecule has 0 unspecified atom stereocenters. The lowest BCUT2D eigenvalue weighted by Crippen LogP contribution is -2.28. The van der Waals surface area contributed by atoms with Gasteiger partial charge in [0.1, 0.15) is 0 Å². The van der Waals surface area contributed by atoms with Crippen LogP contribution in [0.2, 0.25) is 0 Å². The molecule has 176 valence electrons. The third-order valence-corrected chi connectivity index (χ3v) is 6.98. The standard InChI is InChI=1S/C25H27N5O3S/c1-29(14-16-7-6-10-21(32-2)23(16)33-3)22(31)15-34-25-28-27-24(30(25)17-11-12-17)19-13-26-20-9-5-4-8-18(19)20/h4-10,13,17,26H,11-12,14-15H2,1-3H3. The van der Waals surface area contributed by atoms with Crippen LogP contribution in [-0.2, 0) is 11.3 Å². The number of H-pyrrole nitrogens is 1. The molecule has 1 amide bonds. The number of nitrogens with one attached hydrogen (secondary N) is 1. The summed E-state index contributed by atoms with van der Waals surface area (Å²) in [4.78, 5) is 18.0. The molecule has 0 spiro atoms. The Labute approximate surface area is 202 Å². The van der Waals surface area contributed by atoms with Gasteiger partial charge in [-0.15, -0.1) is 10.2 Å². The molecule has 5 rings (SSSR count). The van der Waals surface area contributed by atoms with Crippen molar-refractivity contribution in [1.29, 1.82) is 0 Å². The highest BCUT2D eigenvalue weighted by atomic mass is 32.2. The second-order valence-electron chi connectivity index (χ2n) is 8.35. The largest absolute Gasteiger partial charge is 0.493 e. The van der Waals surface area contributed by atoms with Crippen molar-refractivity contribution < 1.29 is 14.3 Å². The molecule has 1 N–H and O–H groups in total. The van der Waals surface area contributed by atoms with Crippen LogP contribution in [-0.4, -0.2) is 57.6 Å². The van der Waals surface area contributed by atoms with Crippen molar-refractivity contribution in [2.24, 2.45) is 0 Å². The Hall–Kier alpha value is -3.46. The molecule has 0 bridgehead atoms. The molecule has 1 fully saturated rings. The molecule has 0 atom stereocenters. The molecule has 2 heterocycles. The van der Waals surface area contributed by atoms with Crippen LogP contribution in [0.4, 0.5) is 0 Å². The summed E-state index contributed by atoms with van der Waals surface area (Å²) < 4.78 is 13.1. The van der Waals surface area contributed by atoms with Crippen molar-refractivity contribution in [3.8, 4) is 22.9 Å². The zero-order valence-electron chi connectivity index (χ0n) is 19.4. The van der Waals surface area contributed by atoms with E-state index in [-0.39, 0.29) is 11.7 Å². The monoisotopic (exact) mass is 477 g/mol. The van der Waals surface area contributed by atoms with E-state index in [1.54, 1.807) is 26.2 Å². The molecule has 1 saturated carbocycles. The summed E-state index contributed by atoms with van der Waals surface area (Å²) in [7, 11) is 5.01. The molecule has 1 aliphatic rings. The molecule has 0 radical (unpaired) electrons. The fourth-order valence-corrected chi connectivity index (χ4v) is 5.08. The van der Waals surface area contributed by atoms with E-state index in [0.29, 0.717) is 24.1 Å². The Morgan fingerprint density at radius 3 is 2.74 bits per heavy atom. The highest BCUT2D eigenvalue weighted by molar-refractivity contribution is 7.99. The highest BCUT2D eigenvalue weighted by Crippen LogP contribution is 2.42. The van der Waals surface area contributed by atoms with Gasteiger partial charge in [0.25, 0.3) is 0 Å². The Balaban J connectivity index is 1.32. The summed E-state index contributed by atoms with van der Waals surface area (Å²) in [6.45, 7) is 0.426. The van der Waals surface area contributed by atoms with Gasteiger partial charge in [-0.25, -0.2) is 0 Å². The molecule has 8 nitrogen and oxygen atoms in total. The van der Waals surface area contributed by atoms with Crippen LogP contribution in [0.5, 0.6) is 11.5 Å². The summed E-state index contributed by atoms with van der Waals surface area (Å²) in [5.41, 5.74) is 3.00. The highest BCUT2D eigenvalue weighted by Gasteiger charge is 2.31. The third-order valence-electron chi connectivity index (χ3n) is 6.05. The van der Waals surface area contributed by atoms with Crippen LogP contribution >= 0.6 is 11.8 Å². The number of carbonyl (C=O) groups excluding carboxylic acids is 1. The summed E-state index contributed by atoms with van der Waals surface area (Å²) in [6.07, 6.45) is 4.19. The van der Waals surface area contributed by atoms with Gasteiger partial charge >= 0.3 is 0 Å². The van der Waals surface area contributed by atoms with Crippen molar-refractivity contribution in [2.45, 2.75) is 30.6 Å². The maximum absolute atomic E-state index is 13.0. The molecule has 0 saturated heterocycles. The second kappa shape index (κ2) is 9.42. The first-order valence-electron chi connectivity index (χ1n) is 11.2. The molecule has 1 aliphatic carbocycles. The smallest absolute Gasteiger partial charge is 0.233 e. The number of ether oxygens (including phenoxy) is 2. The first kappa shape index (κ1) is 22.3. The molecular weight excluding hydrogens is 450 g/mol. The minimum atomic E-state index is 0.00821. The van der Waals surface area contributed by atoms with Crippen molar-refractivity contribution >= 4 is 28.6 Å². The number of rotatable bonds is 9. The van der Waals surface area contributed by atoms with Gasteiger partial charge in [0.2, 0.25) is 5.91 Å². The minimum Gasteiger partial charge on any atom is -0.493 e. The number of amides is 1. The summed E-state index contributed by atoms with van der Waals surface area (Å²) in [6, 6.07) is 14.2. The zero-order chi connectivity index (χ0) is 23.7. The molecule has 4 aromatic rings. The predicted octanol–water partition coefficient (Wildman–Crippen LogP) is 4.53. The number of para-hydroxylation sites is 2. The maximum atomic E-state index is 13.0. The maximum Gasteiger partial charge on any atom is 0.233 e. The van der Waals surface area contributed by atoms with Gasteiger partial charge in [-0.2, -0.15) is 0 Å². The number of hydrogen-bond acceptors (Lipinski definition) is 6. The number of hydrogen-bond donors (Lipinski definition) is 1. The van der Waals surface area contributed by atoms with Gasteiger partial charge < -0.3 is 19.4 Å². The van der Waals surface area contributed by atoms with Crippen LogP contribution in [0.25, 0.3) is 22.3 Å². The number of aromatic amines is 1. The Bertz CT molecular complexity index is 1330. The molecule has 2 aromatic carbocycles. The number of benzene rings is 2. The minimum absolute atomic E-state index is 0.00821. The third kappa shape index (κ3) is 4.23. The van der Waals surface area contributed by atoms with Crippen LogP contribution in [0.15, 0.2) is 53.8 Å². The van der Waals surface area contributed by atoms with E-state index in [4.69, 9.17) is 9.47 Å². The van der Waals surface area contributed by atoms with E-state index in [0.717, 1.165) is 45.9 Å². The average molecular weight is 478 g/mol. The van der Waals surface area contributed by atoms with E-state index in [1.165, 1.54) is 11.8 Å². The van der Waals surface area contributed by atoms with Crippen LogP contribution < -0.4 is 9.47 Å². The second-order valence-corrected chi connectivity index (χ2v) is 9.29. The van der Waals surface area contributed by atoms with Gasteiger partial charge in [-0.05, 0) is 25.0 Å². The van der Waals surface area contributed by atoms with Gasteiger partial charge in [0.15, 0.2) is 22.5 Å². The Morgan fingerprint density at radius 2 is 1.97 bits per heavy atom. The molecule has 34 heavy (non-hydrogen) atoms. The summed E-state index contributed by atoms with van der Waals surface area (Å²) >= 11 is 1.44. The first-order chi connectivity index (χ1) is 16.6. The predicted molar refractivity (Wildman–Crippen MR) is 132 cm³/mol. The first-order valence-corrected chi connectivity index (χ1v) is 12.2. The van der Waals surface area contributed by atoms with Crippen LogP contribution in [0.1, 0.15) is 24.4 Å². The lowest BCUT2D eigenvalue weighted by Gasteiger charge is -2.20. The fourth-order valence-electron chi connectivity index (χ4n) is 4.14. The lowest BCUT2D eigenvalue weighted by atomic mass is 10.1. The number of aromatic nitrogens is 4. The zero-order valence-corrected chi connectivity index (χ0v) is 20.3. The normalized spacial score (nSPS) is 13.3. The summed E-state index contributed by atoms with van der Waals surface area (Å²) in [5.74, 6) is 2.44. The molecule has 0 aliphatic heterocycles. The topological polar surface area (TPSA) is 85.3 Å². The van der Waals surface area contributed by atoms with Gasteiger partial charge in [-0.3, -0.25) is 9.36 Å². The number of thioether (sulfide) groups is 1. The average Bonchev–Trinajstić information content (AvgIpc) is 3.47. The van der Waals surface area contributed by atoms with Gasteiger partial charge in [0.05, 0.1) is 20.0 Å². The Kier molecular flexibility index (Phi) is 6.19. The SMILES string of the molecule is COc1cccc(CN(C)C(=O)CSc2nnc(-c3c[nH]c4ccccc34)n2C2CC2)c1OC. The van der Waals surface area contributed by atoms with Crippen molar-refractivity contribution in [3.63, 3.8) is 0 Å². The number of carbonyl (C=O) groups is 1.